The van der Waals surface area contributed by atoms with Crippen LogP contribution in [0.1, 0.15) is 49.5 Å². The Bertz CT molecular complexity index is 1250. The average Bonchev–Trinajstić information content (AvgIpc) is 3.13. The van der Waals surface area contributed by atoms with Crippen LogP contribution in [0.3, 0.4) is 0 Å². The predicted octanol–water partition coefficient (Wildman–Crippen LogP) is 2.48. The number of aromatic nitrogens is 3. The Hall–Kier alpha value is -4.21. The fourth-order valence-electron chi connectivity index (χ4n) is 3.34. The Morgan fingerprint density at radius 3 is 2.44 bits per heavy atom. The number of hydrogen-bond donors (Lipinski definition) is 1. The molecule has 2 heterocycles. The van der Waals surface area contributed by atoms with Crippen LogP contribution in [-0.4, -0.2) is 52.3 Å². The van der Waals surface area contributed by atoms with E-state index in [1.54, 1.807) is 32.9 Å². The van der Waals surface area contributed by atoms with Crippen molar-refractivity contribution in [2.24, 2.45) is 0 Å². The third kappa shape index (κ3) is 5.77. The van der Waals surface area contributed by atoms with Gasteiger partial charge in [0, 0.05) is 17.3 Å². The molecule has 0 radical (unpaired) electrons. The van der Waals surface area contributed by atoms with E-state index in [1.165, 1.54) is 12.1 Å². The Kier molecular flexibility index (Phi) is 7.96. The van der Waals surface area contributed by atoms with Crippen molar-refractivity contribution in [3.8, 4) is 5.75 Å². The van der Waals surface area contributed by atoms with Crippen molar-refractivity contribution >= 4 is 17.7 Å². The molecule has 0 aliphatic carbocycles. The summed E-state index contributed by atoms with van der Waals surface area (Å²) < 4.78 is 16.7. The molecule has 3 aromatic rings. The first-order chi connectivity index (χ1) is 16.3. The minimum absolute atomic E-state index is 0.117. The number of hydrogen-bond acceptors (Lipinski definition) is 8. The molecule has 0 unspecified atom stereocenters. The lowest BCUT2D eigenvalue weighted by Crippen LogP contribution is -2.27. The summed E-state index contributed by atoms with van der Waals surface area (Å²) in [5.74, 6) is -1.27. The van der Waals surface area contributed by atoms with Gasteiger partial charge in [-0.05, 0) is 44.5 Å². The lowest BCUT2D eigenvalue weighted by molar-refractivity contribution is 0.0464. The van der Waals surface area contributed by atoms with Gasteiger partial charge in [-0.3, -0.25) is 9.59 Å². The molecule has 0 aliphatic heterocycles. The maximum Gasteiger partial charge on any atom is 0.359 e. The first-order valence-electron chi connectivity index (χ1n) is 10.6. The summed E-state index contributed by atoms with van der Waals surface area (Å²) in [6, 6.07) is 11.5. The van der Waals surface area contributed by atoms with Gasteiger partial charge in [0.25, 0.3) is 5.56 Å². The van der Waals surface area contributed by atoms with Crippen molar-refractivity contribution in [2.45, 2.75) is 27.3 Å². The third-order valence-electron chi connectivity index (χ3n) is 4.92. The van der Waals surface area contributed by atoms with Gasteiger partial charge in [0.1, 0.15) is 18.1 Å². The number of aryl methyl sites for hydroxylation is 1. The van der Waals surface area contributed by atoms with E-state index in [9.17, 15) is 19.2 Å². The molecule has 0 saturated carbocycles. The van der Waals surface area contributed by atoms with Crippen molar-refractivity contribution in [1.29, 1.82) is 0 Å². The van der Waals surface area contributed by atoms with E-state index in [0.717, 1.165) is 4.68 Å². The molecule has 1 N–H and O–H groups in total. The summed E-state index contributed by atoms with van der Waals surface area (Å²) in [6.45, 7) is 4.86. The van der Waals surface area contributed by atoms with Gasteiger partial charge in [-0.1, -0.05) is 18.2 Å². The van der Waals surface area contributed by atoms with Gasteiger partial charge < -0.3 is 19.2 Å². The number of ether oxygens (including phenoxy) is 3. The molecule has 0 spiro atoms. The first kappa shape index (κ1) is 24.4. The highest BCUT2D eigenvalue weighted by Gasteiger charge is 2.24. The van der Waals surface area contributed by atoms with Gasteiger partial charge >= 0.3 is 11.9 Å². The van der Waals surface area contributed by atoms with Crippen molar-refractivity contribution < 1.29 is 28.6 Å². The zero-order valence-corrected chi connectivity index (χ0v) is 19.1. The largest absolute Gasteiger partial charge is 0.492 e. The van der Waals surface area contributed by atoms with Crippen molar-refractivity contribution in [3.05, 3.63) is 81.0 Å². The Morgan fingerprint density at radius 1 is 1.00 bits per heavy atom. The molecule has 0 fully saturated rings. The smallest absolute Gasteiger partial charge is 0.359 e. The SMILES string of the molecule is CCOC(=O)c1[nH]c(C)c(C(=O)COC(=O)c2ccc(=O)n(CCOc3ccccc3)n2)c1C. The number of Topliss-reactive ketones (excluding diaryl/α,β-unsaturated/α-hetero) is 1. The number of para-hydroxylation sites is 1. The number of H-pyrrole nitrogens is 1. The summed E-state index contributed by atoms with van der Waals surface area (Å²) in [4.78, 5) is 52.0. The summed E-state index contributed by atoms with van der Waals surface area (Å²) in [5, 5.41) is 4.01. The van der Waals surface area contributed by atoms with Crippen molar-refractivity contribution in [2.75, 3.05) is 19.8 Å². The van der Waals surface area contributed by atoms with E-state index >= 15 is 0 Å². The van der Waals surface area contributed by atoms with Gasteiger partial charge in [0.2, 0.25) is 5.78 Å². The molecule has 34 heavy (non-hydrogen) atoms. The van der Waals surface area contributed by atoms with E-state index in [-0.39, 0.29) is 36.7 Å². The van der Waals surface area contributed by atoms with Crippen LogP contribution in [0.4, 0.5) is 0 Å². The molecule has 1 aromatic carbocycles. The predicted molar refractivity (Wildman–Crippen MR) is 121 cm³/mol. The van der Waals surface area contributed by atoms with Gasteiger partial charge in [0.15, 0.2) is 12.3 Å². The molecule has 0 bridgehead atoms. The standard InChI is InChI=1S/C24H25N3O7/c1-4-32-24(31)22-15(2)21(16(3)25-22)19(28)14-34-23(30)18-10-11-20(29)27(26-18)12-13-33-17-8-6-5-7-9-17/h5-11,25H,4,12-14H2,1-3H3. The van der Waals surface area contributed by atoms with Crippen LogP contribution in [-0.2, 0) is 16.0 Å². The Morgan fingerprint density at radius 2 is 1.74 bits per heavy atom. The summed E-state index contributed by atoms with van der Waals surface area (Å²) >= 11 is 0. The lowest BCUT2D eigenvalue weighted by atomic mass is 10.1. The minimum atomic E-state index is -0.859. The highest BCUT2D eigenvalue weighted by molar-refractivity contribution is 6.04. The normalized spacial score (nSPS) is 10.6. The van der Waals surface area contributed by atoms with E-state index < -0.39 is 29.9 Å². The number of rotatable bonds is 10. The van der Waals surface area contributed by atoms with E-state index in [4.69, 9.17) is 14.2 Å². The van der Waals surface area contributed by atoms with Crippen molar-refractivity contribution in [1.82, 2.24) is 14.8 Å². The molecule has 3 rings (SSSR count). The average molecular weight is 467 g/mol. The van der Waals surface area contributed by atoms with Gasteiger partial charge in [-0.15, -0.1) is 0 Å². The number of nitrogens with one attached hydrogen (secondary N) is 1. The maximum absolute atomic E-state index is 12.7. The van der Waals surface area contributed by atoms with E-state index in [2.05, 4.69) is 10.1 Å². The number of carbonyl (C=O) groups is 3. The van der Waals surface area contributed by atoms with Crippen LogP contribution in [0, 0.1) is 13.8 Å². The number of aromatic amines is 1. The number of carbonyl (C=O) groups excluding carboxylic acids is 3. The van der Waals surface area contributed by atoms with Gasteiger partial charge in [0.05, 0.1) is 13.2 Å². The van der Waals surface area contributed by atoms with E-state index in [0.29, 0.717) is 17.0 Å². The number of ketones is 1. The highest BCUT2D eigenvalue weighted by atomic mass is 16.5. The summed E-state index contributed by atoms with van der Waals surface area (Å²) in [7, 11) is 0. The molecule has 0 amide bonds. The van der Waals surface area contributed by atoms with Gasteiger partial charge in [-0.2, -0.15) is 5.10 Å². The Labute approximate surface area is 195 Å². The highest BCUT2D eigenvalue weighted by Crippen LogP contribution is 2.19. The molecular formula is C24H25N3O7. The van der Waals surface area contributed by atoms with E-state index in [1.807, 2.05) is 18.2 Å². The summed E-state index contributed by atoms with van der Waals surface area (Å²) in [5.41, 5.74) is 0.789. The van der Waals surface area contributed by atoms with Gasteiger partial charge in [-0.25, -0.2) is 14.3 Å². The molecular weight excluding hydrogens is 442 g/mol. The van der Waals surface area contributed by atoms with Crippen LogP contribution < -0.4 is 10.3 Å². The molecule has 0 aliphatic rings. The first-order valence-corrected chi connectivity index (χ1v) is 10.6. The zero-order chi connectivity index (χ0) is 24.7. The van der Waals surface area contributed by atoms with Crippen LogP contribution in [0.25, 0.3) is 0 Å². The third-order valence-corrected chi connectivity index (χ3v) is 4.92. The minimum Gasteiger partial charge on any atom is -0.492 e. The number of nitrogens with zero attached hydrogens (tertiary/aromatic N) is 2. The zero-order valence-electron chi connectivity index (χ0n) is 19.1. The van der Waals surface area contributed by atoms with Crippen LogP contribution in [0.2, 0.25) is 0 Å². The molecule has 10 nitrogen and oxygen atoms in total. The quantitative estimate of drug-likeness (QED) is 0.356. The second kappa shape index (κ2) is 11.1. The topological polar surface area (TPSA) is 130 Å². The van der Waals surface area contributed by atoms with Crippen LogP contribution >= 0.6 is 0 Å². The second-order valence-corrected chi connectivity index (χ2v) is 7.29. The summed E-state index contributed by atoms with van der Waals surface area (Å²) in [6.07, 6.45) is 0. The van der Waals surface area contributed by atoms with Crippen LogP contribution in [0.15, 0.2) is 47.3 Å². The molecule has 2 aromatic heterocycles. The molecule has 0 atom stereocenters. The second-order valence-electron chi connectivity index (χ2n) is 7.29. The number of benzene rings is 1. The maximum atomic E-state index is 12.7. The lowest BCUT2D eigenvalue weighted by Gasteiger charge is -2.09. The van der Waals surface area contributed by atoms with Crippen LogP contribution in [0.5, 0.6) is 5.75 Å². The molecule has 10 heteroatoms. The number of esters is 2. The molecule has 0 saturated heterocycles. The van der Waals surface area contributed by atoms with Crippen molar-refractivity contribution in [3.63, 3.8) is 0 Å². The monoisotopic (exact) mass is 467 g/mol. The fraction of sp³-hybridized carbons (Fsp3) is 0.292. The Balaban J connectivity index is 1.62. The fourth-order valence-corrected chi connectivity index (χ4v) is 3.34. The molecule has 178 valence electrons.